The molecule has 36 heavy (non-hydrogen) atoms. The zero-order valence-corrected chi connectivity index (χ0v) is 21.0. The standard InChI is InChI=1S/C30H36O6/c1-30(2)35-28(26(31)21-32-18-23-12-6-3-7-13-23)29(36-30)27(34-20-25-16-10-5-11-17-25)22-33-19-24-14-8-4-9-15-24/h3-17,26-29,31H,18-22H2,1-2H3/t26-,27-,28-,29-/m1/s1. The van der Waals surface area contributed by atoms with Gasteiger partial charge in [0.1, 0.15) is 24.4 Å². The predicted molar refractivity (Wildman–Crippen MR) is 137 cm³/mol. The Labute approximate surface area is 213 Å². The van der Waals surface area contributed by atoms with Crippen LogP contribution < -0.4 is 0 Å². The molecular weight excluding hydrogens is 456 g/mol. The van der Waals surface area contributed by atoms with Gasteiger partial charge in [-0.05, 0) is 30.5 Å². The molecule has 1 aliphatic rings. The molecule has 1 saturated heterocycles. The lowest BCUT2D eigenvalue weighted by molar-refractivity contribution is -0.169. The van der Waals surface area contributed by atoms with E-state index in [4.69, 9.17) is 23.7 Å². The molecule has 4 atom stereocenters. The van der Waals surface area contributed by atoms with E-state index in [0.717, 1.165) is 16.7 Å². The highest BCUT2D eigenvalue weighted by Crippen LogP contribution is 2.33. The highest BCUT2D eigenvalue weighted by atomic mass is 16.8. The fourth-order valence-corrected chi connectivity index (χ4v) is 4.25. The highest BCUT2D eigenvalue weighted by molar-refractivity contribution is 5.15. The molecule has 0 aliphatic carbocycles. The van der Waals surface area contributed by atoms with Crippen molar-refractivity contribution < 1.29 is 28.8 Å². The summed E-state index contributed by atoms with van der Waals surface area (Å²) in [5.41, 5.74) is 3.17. The van der Waals surface area contributed by atoms with Crippen molar-refractivity contribution in [3.63, 3.8) is 0 Å². The van der Waals surface area contributed by atoms with Gasteiger partial charge in [0.2, 0.25) is 0 Å². The molecule has 6 heteroatoms. The van der Waals surface area contributed by atoms with E-state index in [2.05, 4.69) is 0 Å². The van der Waals surface area contributed by atoms with Crippen molar-refractivity contribution in [2.45, 2.75) is 63.9 Å². The topological polar surface area (TPSA) is 66.4 Å². The summed E-state index contributed by atoms with van der Waals surface area (Å²) in [6, 6.07) is 29.8. The Balaban J connectivity index is 1.41. The zero-order valence-electron chi connectivity index (χ0n) is 21.0. The van der Waals surface area contributed by atoms with Crippen LogP contribution in [0.4, 0.5) is 0 Å². The number of benzene rings is 3. The van der Waals surface area contributed by atoms with Crippen LogP contribution in [0.5, 0.6) is 0 Å². The van der Waals surface area contributed by atoms with E-state index in [1.165, 1.54) is 0 Å². The Kier molecular flexibility index (Phi) is 9.64. The molecule has 1 heterocycles. The SMILES string of the molecule is CC1(C)O[C@H]([C@H](O)COCc2ccccc2)[C@@H]([C@@H](COCc2ccccc2)OCc2ccccc2)O1. The van der Waals surface area contributed by atoms with Gasteiger partial charge in [-0.2, -0.15) is 0 Å². The van der Waals surface area contributed by atoms with Gasteiger partial charge >= 0.3 is 0 Å². The van der Waals surface area contributed by atoms with E-state index in [1.807, 2.05) is 105 Å². The van der Waals surface area contributed by atoms with Gasteiger partial charge in [-0.25, -0.2) is 0 Å². The molecule has 0 radical (unpaired) electrons. The third kappa shape index (κ3) is 7.96. The summed E-state index contributed by atoms with van der Waals surface area (Å²) in [6.45, 7) is 5.36. The van der Waals surface area contributed by atoms with Crippen LogP contribution in [0.1, 0.15) is 30.5 Å². The lowest BCUT2D eigenvalue weighted by Crippen LogP contribution is -2.46. The predicted octanol–water partition coefficient (Wildman–Crippen LogP) is 4.89. The van der Waals surface area contributed by atoms with Crippen LogP contribution in [0.25, 0.3) is 0 Å². The maximum absolute atomic E-state index is 11.0. The smallest absolute Gasteiger partial charge is 0.164 e. The van der Waals surface area contributed by atoms with Gasteiger partial charge in [-0.3, -0.25) is 0 Å². The molecular formula is C30H36O6. The van der Waals surface area contributed by atoms with Crippen LogP contribution >= 0.6 is 0 Å². The average Bonchev–Trinajstić information content (AvgIpc) is 3.23. The Bertz CT molecular complexity index is 1010. The molecule has 0 unspecified atom stereocenters. The lowest BCUT2D eigenvalue weighted by atomic mass is 10.0. The summed E-state index contributed by atoms with van der Waals surface area (Å²) in [5, 5.41) is 11.0. The minimum Gasteiger partial charge on any atom is -0.388 e. The van der Waals surface area contributed by atoms with E-state index in [1.54, 1.807) is 0 Å². The number of hydrogen-bond acceptors (Lipinski definition) is 6. The van der Waals surface area contributed by atoms with E-state index in [0.29, 0.717) is 26.4 Å². The summed E-state index contributed by atoms with van der Waals surface area (Å²) >= 11 is 0. The third-order valence-electron chi connectivity index (χ3n) is 6.01. The van der Waals surface area contributed by atoms with Crippen molar-refractivity contribution in [1.29, 1.82) is 0 Å². The second-order valence-corrected chi connectivity index (χ2v) is 9.47. The van der Waals surface area contributed by atoms with Crippen LogP contribution in [0, 0.1) is 0 Å². The Morgan fingerprint density at radius 3 is 1.64 bits per heavy atom. The van der Waals surface area contributed by atoms with Gasteiger partial charge < -0.3 is 28.8 Å². The van der Waals surface area contributed by atoms with Crippen LogP contribution in [0.15, 0.2) is 91.0 Å². The normalized spacial score (nSPS) is 20.8. The Hall–Kier alpha value is -2.58. The van der Waals surface area contributed by atoms with Gasteiger partial charge in [-0.1, -0.05) is 91.0 Å². The van der Waals surface area contributed by atoms with Crippen LogP contribution in [0.3, 0.4) is 0 Å². The molecule has 0 amide bonds. The second kappa shape index (κ2) is 13.1. The van der Waals surface area contributed by atoms with Crippen LogP contribution in [-0.4, -0.2) is 48.5 Å². The molecule has 3 aromatic rings. The molecule has 192 valence electrons. The van der Waals surface area contributed by atoms with Crippen LogP contribution in [0.2, 0.25) is 0 Å². The first kappa shape index (κ1) is 26.5. The number of aliphatic hydroxyl groups is 1. The molecule has 0 saturated carbocycles. The third-order valence-corrected chi connectivity index (χ3v) is 6.01. The molecule has 1 fully saturated rings. The maximum Gasteiger partial charge on any atom is 0.164 e. The van der Waals surface area contributed by atoms with E-state index < -0.39 is 30.2 Å². The molecule has 0 bridgehead atoms. The van der Waals surface area contributed by atoms with Gasteiger partial charge in [0.05, 0.1) is 33.0 Å². The number of ether oxygens (including phenoxy) is 5. The highest BCUT2D eigenvalue weighted by Gasteiger charge is 2.48. The number of aliphatic hydroxyl groups excluding tert-OH is 1. The van der Waals surface area contributed by atoms with Gasteiger partial charge in [0.25, 0.3) is 0 Å². The van der Waals surface area contributed by atoms with Crippen molar-refractivity contribution in [3.05, 3.63) is 108 Å². The Morgan fingerprint density at radius 2 is 1.11 bits per heavy atom. The minimum atomic E-state index is -0.891. The largest absolute Gasteiger partial charge is 0.388 e. The van der Waals surface area contributed by atoms with E-state index in [-0.39, 0.29) is 6.61 Å². The van der Waals surface area contributed by atoms with Crippen LogP contribution in [-0.2, 0) is 43.5 Å². The zero-order chi connectivity index (χ0) is 25.2. The average molecular weight is 493 g/mol. The summed E-state index contributed by atoms with van der Waals surface area (Å²) < 4.78 is 30.6. The van der Waals surface area contributed by atoms with Gasteiger partial charge in [0, 0.05) is 0 Å². The van der Waals surface area contributed by atoms with E-state index in [9.17, 15) is 5.11 Å². The summed E-state index contributed by atoms with van der Waals surface area (Å²) in [5.74, 6) is -0.871. The van der Waals surface area contributed by atoms with Crippen molar-refractivity contribution in [2.24, 2.45) is 0 Å². The monoisotopic (exact) mass is 492 g/mol. The van der Waals surface area contributed by atoms with Crippen molar-refractivity contribution in [3.8, 4) is 0 Å². The first-order valence-electron chi connectivity index (χ1n) is 12.4. The number of rotatable bonds is 13. The van der Waals surface area contributed by atoms with Crippen molar-refractivity contribution in [1.82, 2.24) is 0 Å². The summed E-state index contributed by atoms with van der Waals surface area (Å²) in [6.07, 6.45) is -2.51. The quantitative estimate of drug-likeness (QED) is 0.367. The molecule has 0 spiro atoms. The fraction of sp³-hybridized carbons (Fsp3) is 0.400. The molecule has 3 aromatic carbocycles. The first-order valence-corrected chi connectivity index (χ1v) is 12.4. The molecule has 1 aliphatic heterocycles. The fourth-order valence-electron chi connectivity index (χ4n) is 4.25. The summed E-state index contributed by atoms with van der Waals surface area (Å²) in [7, 11) is 0. The minimum absolute atomic E-state index is 0.117. The van der Waals surface area contributed by atoms with E-state index >= 15 is 0 Å². The maximum atomic E-state index is 11.0. The molecule has 0 aromatic heterocycles. The van der Waals surface area contributed by atoms with Crippen molar-refractivity contribution >= 4 is 0 Å². The molecule has 4 rings (SSSR count). The van der Waals surface area contributed by atoms with Gasteiger partial charge in [-0.15, -0.1) is 0 Å². The molecule has 6 nitrogen and oxygen atoms in total. The van der Waals surface area contributed by atoms with Crippen molar-refractivity contribution in [2.75, 3.05) is 13.2 Å². The molecule has 1 N–H and O–H groups in total. The Morgan fingerprint density at radius 1 is 0.667 bits per heavy atom. The summed E-state index contributed by atoms with van der Waals surface area (Å²) in [4.78, 5) is 0. The second-order valence-electron chi connectivity index (χ2n) is 9.47. The first-order chi connectivity index (χ1) is 17.5. The van der Waals surface area contributed by atoms with Gasteiger partial charge in [0.15, 0.2) is 5.79 Å². The lowest BCUT2D eigenvalue weighted by Gasteiger charge is -2.29. The number of hydrogen-bond donors (Lipinski definition) is 1.